The normalized spacial score (nSPS) is 13.5. The number of hydrogen-bond donors (Lipinski definition) is 1. The van der Waals surface area contributed by atoms with Gasteiger partial charge in [0.25, 0.3) is 0 Å². The van der Waals surface area contributed by atoms with Crippen LogP contribution < -0.4 is 4.72 Å². The van der Waals surface area contributed by atoms with Crippen molar-refractivity contribution in [2.24, 2.45) is 0 Å². The van der Waals surface area contributed by atoms with Gasteiger partial charge in [-0.05, 0) is 18.6 Å². The fourth-order valence-electron chi connectivity index (χ4n) is 1.30. The molecular formula is C10H14FNO2S. The lowest BCUT2D eigenvalue weighted by atomic mass is 10.1. The number of para-hydroxylation sites is 1. The van der Waals surface area contributed by atoms with E-state index in [2.05, 4.69) is 4.72 Å². The summed E-state index contributed by atoms with van der Waals surface area (Å²) < 4.78 is 37.3. The van der Waals surface area contributed by atoms with E-state index in [0.29, 0.717) is 11.3 Å². The highest BCUT2D eigenvalue weighted by Crippen LogP contribution is 2.18. The van der Waals surface area contributed by atoms with Crippen LogP contribution in [0, 0.1) is 0 Å². The molecule has 15 heavy (non-hydrogen) atoms. The number of hydrogen-bond acceptors (Lipinski definition) is 2. The lowest BCUT2D eigenvalue weighted by Gasteiger charge is -2.10. The first-order valence-corrected chi connectivity index (χ1v) is 6.47. The Kier molecular flexibility index (Phi) is 3.68. The lowest BCUT2D eigenvalue weighted by molar-refractivity contribution is 0.360. The van der Waals surface area contributed by atoms with Gasteiger partial charge in [0.15, 0.2) is 0 Å². The van der Waals surface area contributed by atoms with Gasteiger partial charge in [-0.15, -0.1) is 0 Å². The SMILES string of the molecule is CC(F)Cc1ccccc1NS(C)(=O)=O. The van der Waals surface area contributed by atoms with Gasteiger partial charge in [-0.25, -0.2) is 12.8 Å². The molecule has 1 aromatic rings. The molecule has 1 rings (SSSR count). The molecular weight excluding hydrogens is 217 g/mol. The fraction of sp³-hybridized carbons (Fsp3) is 0.400. The second-order valence-corrected chi connectivity index (χ2v) is 5.26. The molecule has 0 aliphatic carbocycles. The molecule has 3 nitrogen and oxygen atoms in total. The van der Waals surface area contributed by atoms with E-state index in [1.807, 2.05) is 0 Å². The quantitative estimate of drug-likeness (QED) is 0.861. The number of alkyl halides is 1. The van der Waals surface area contributed by atoms with Crippen LogP contribution in [0.25, 0.3) is 0 Å². The molecule has 1 atom stereocenters. The first-order valence-electron chi connectivity index (χ1n) is 4.58. The first kappa shape index (κ1) is 12.0. The minimum Gasteiger partial charge on any atom is -0.284 e. The predicted molar refractivity (Wildman–Crippen MR) is 59.2 cm³/mol. The van der Waals surface area contributed by atoms with Crippen LogP contribution in [0.1, 0.15) is 12.5 Å². The molecule has 0 bridgehead atoms. The summed E-state index contributed by atoms with van der Waals surface area (Å²) in [4.78, 5) is 0. The molecule has 1 N–H and O–H groups in total. The molecule has 0 heterocycles. The Morgan fingerprint density at radius 1 is 1.40 bits per heavy atom. The maximum atomic E-state index is 12.8. The number of rotatable bonds is 4. The molecule has 84 valence electrons. The van der Waals surface area contributed by atoms with Crippen molar-refractivity contribution >= 4 is 15.7 Å². The Labute approximate surface area is 89.4 Å². The molecule has 0 radical (unpaired) electrons. The zero-order chi connectivity index (χ0) is 11.5. The summed E-state index contributed by atoms with van der Waals surface area (Å²) in [5.74, 6) is 0. The Balaban J connectivity index is 2.96. The van der Waals surface area contributed by atoms with E-state index >= 15 is 0 Å². The van der Waals surface area contributed by atoms with Crippen molar-refractivity contribution < 1.29 is 12.8 Å². The van der Waals surface area contributed by atoms with Gasteiger partial charge in [-0.3, -0.25) is 4.72 Å². The third-order valence-corrected chi connectivity index (χ3v) is 2.40. The van der Waals surface area contributed by atoms with Gasteiger partial charge in [-0.2, -0.15) is 0 Å². The molecule has 1 aromatic carbocycles. The summed E-state index contributed by atoms with van der Waals surface area (Å²) in [6, 6.07) is 6.80. The molecule has 0 aliphatic heterocycles. The second kappa shape index (κ2) is 4.61. The monoisotopic (exact) mass is 231 g/mol. The standard InChI is InChI=1S/C10H14FNO2S/c1-8(11)7-9-5-3-4-6-10(9)12-15(2,13)14/h3-6,8,12H,7H2,1-2H3. The highest BCUT2D eigenvalue weighted by atomic mass is 32.2. The molecule has 0 spiro atoms. The molecule has 0 aliphatic rings. The molecule has 0 saturated heterocycles. The van der Waals surface area contributed by atoms with Crippen molar-refractivity contribution in [3.8, 4) is 0 Å². The van der Waals surface area contributed by atoms with E-state index in [1.165, 1.54) is 6.92 Å². The topological polar surface area (TPSA) is 46.2 Å². The molecule has 0 amide bonds. The number of sulfonamides is 1. The second-order valence-electron chi connectivity index (χ2n) is 3.52. The summed E-state index contributed by atoms with van der Waals surface area (Å²) in [5, 5.41) is 0. The smallest absolute Gasteiger partial charge is 0.229 e. The van der Waals surface area contributed by atoms with Gasteiger partial charge in [-0.1, -0.05) is 18.2 Å². The Morgan fingerprint density at radius 3 is 2.53 bits per heavy atom. The maximum absolute atomic E-state index is 12.8. The molecule has 0 aromatic heterocycles. The van der Waals surface area contributed by atoms with Gasteiger partial charge < -0.3 is 0 Å². The zero-order valence-electron chi connectivity index (χ0n) is 8.70. The van der Waals surface area contributed by atoms with Crippen molar-refractivity contribution in [3.63, 3.8) is 0 Å². The van der Waals surface area contributed by atoms with E-state index < -0.39 is 16.2 Å². The summed E-state index contributed by atoms with van der Waals surface area (Å²) >= 11 is 0. The largest absolute Gasteiger partial charge is 0.284 e. The van der Waals surface area contributed by atoms with Crippen molar-refractivity contribution in [1.29, 1.82) is 0 Å². The predicted octanol–water partition coefficient (Wildman–Crippen LogP) is 1.96. The molecule has 0 fully saturated rings. The zero-order valence-corrected chi connectivity index (χ0v) is 9.51. The van der Waals surface area contributed by atoms with Crippen molar-refractivity contribution in [2.75, 3.05) is 11.0 Å². The third kappa shape index (κ3) is 4.29. The van der Waals surface area contributed by atoms with E-state index in [1.54, 1.807) is 24.3 Å². The highest BCUT2D eigenvalue weighted by molar-refractivity contribution is 7.92. The fourth-order valence-corrected chi connectivity index (χ4v) is 1.90. The number of anilines is 1. The Morgan fingerprint density at radius 2 is 2.00 bits per heavy atom. The highest BCUT2D eigenvalue weighted by Gasteiger charge is 2.09. The summed E-state index contributed by atoms with van der Waals surface area (Å²) in [5.41, 5.74) is 1.11. The van der Waals surface area contributed by atoms with Crippen LogP contribution >= 0.6 is 0 Å². The first-order chi connectivity index (χ1) is 6.88. The average molecular weight is 231 g/mol. The van der Waals surface area contributed by atoms with Crippen molar-refractivity contribution in [2.45, 2.75) is 19.5 Å². The van der Waals surface area contributed by atoms with Crippen LogP contribution in [0.3, 0.4) is 0 Å². The van der Waals surface area contributed by atoms with E-state index in [4.69, 9.17) is 0 Å². The van der Waals surface area contributed by atoms with E-state index in [9.17, 15) is 12.8 Å². The van der Waals surface area contributed by atoms with Gasteiger partial charge >= 0.3 is 0 Å². The maximum Gasteiger partial charge on any atom is 0.229 e. The van der Waals surface area contributed by atoms with Crippen LogP contribution in [-0.4, -0.2) is 20.8 Å². The van der Waals surface area contributed by atoms with Gasteiger partial charge in [0.2, 0.25) is 10.0 Å². The van der Waals surface area contributed by atoms with Crippen LogP contribution in [0.15, 0.2) is 24.3 Å². The summed E-state index contributed by atoms with van der Waals surface area (Å²) in [6.45, 7) is 1.44. The van der Waals surface area contributed by atoms with E-state index in [-0.39, 0.29) is 6.42 Å². The molecule has 5 heteroatoms. The molecule has 0 saturated carbocycles. The summed E-state index contributed by atoms with van der Waals surface area (Å²) in [7, 11) is -3.31. The number of nitrogens with one attached hydrogen (secondary N) is 1. The number of benzene rings is 1. The molecule has 1 unspecified atom stereocenters. The van der Waals surface area contributed by atoms with Crippen LogP contribution in [0.5, 0.6) is 0 Å². The minimum absolute atomic E-state index is 0.207. The van der Waals surface area contributed by atoms with E-state index in [0.717, 1.165) is 6.26 Å². The minimum atomic E-state index is -3.31. The van der Waals surface area contributed by atoms with Crippen LogP contribution in [0.2, 0.25) is 0 Å². The third-order valence-electron chi connectivity index (χ3n) is 1.81. The Hall–Kier alpha value is -1.10. The van der Waals surface area contributed by atoms with Gasteiger partial charge in [0, 0.05) is 6.42 Å². The summed E-state index contributed by atoms with van der Waals surface area (Å²) in [6.07, 6.45) is 0.286. The van der Waals surface area contributed by atoms with Gasteiger partial charge in [0.05, 0.1) is 11.9 Å². The Bertz CT molecular complexity index is 429. The van der Waals surface area contributed by atoms with Gasteiger partial charge in [0.1, 0.15) is 6.17 Å². The number of halogens is 1. The van der Waals surface area contributed by atoms with Crippen LogP contribution in [0.4, 0.5) is 10.1 Å². The average Bonchev–Trinajstić information content (AvgIpc) is 2.05. The van der Waals surface area contributed by atoms with Crippen LogP contribution in [-0.2, 0) is 16.4 Å². The van der Waals surface area contributed by atoms with Crippen molar-refractivity contribution in [1.82, 2.24) is 0 Å². The lowest BCUT2D eigenvalue weighted by Crippen LogP contribution is -2.12. The van der Waals surface area contributed by atoms with Crippen molar-refractivity contribution in [3.05, 3.63) is 29.8 Å².